The lowest BCUT2D eigenvalue weighted by atomic mass is 9.99. The lowest BCUT2D eigenvalue weighted by Gasteiger charge is -2.31. The molecule has 0 amide bonds. The Morgan fingerprint density at radius 3 is 2.50 bits per heavy atom. The predicted octanol–water partition coefficient (Wildman–Crippen LogP) is 3.73. The summed E-state index contributed by atoms with van der Waals surface area (Å²) >= 11 is 7.43. The van der Waals surface area contributed by atoms with Gasteiger partial charge >= 0.3 is 0 Å². The lowest BCUT2D eigenvalue weighted by Crippen LogP contribution is -2.43. The van der Waals surface area contributed by atoms with Gasteiger partial charge in [-0.05, 0) is 54.0 Å². The molecule has 3 rings (SSSR count). The number of thioether (sulfide) groups is 1. The Hall–Kier alpha value is -1.92. The Bertz CT molecular complexity index is 753. The van der Waals surface area contributed by atoms with Gasteiger partial charge in [-0.3, -0.25) is 0 Å². The van der Waals surface area contributed by atoms with E-state index in [-0.39, 0.29) is 0 Å². The fourth-order valence-corrected chi connectivity index (χ4v) is 4.06. The summed E-state index contributed by atoms with van der Waals surface area (Å²) in [5, 5.41) is 4.20. The first kappa shape index (κ1) is 18.9. The van der Waals surface area contributed by atoms with Crippen molar-refractivity contribution in [2.24, 2.45) is 0 Å². The molecule has 138 valence electrons. The number of methoxy groups -OCH3 is 2. The first-order valence-corrected chi connectivity index (χ1v) is 10.0. The van der Waals surface area contributed by atoms with E-state index in [1.165, 1.54) is 16.0 Å². The van der Waals surface area contributed by atoms with Crippen LogP contribution < -0.4 is 14.8 Å². The summed E-state index contributed by atoms with van der Waals surface area (Å²) in [5.41, 5.74) is 2.55. The minimum Gasteiger partial charge on any atom is -0.493 e. The highest BCUT2D eigenvalue weighted by Crippen LogP contribution is 2.33. The van der Waals surface area contributed by atoms with E-state index in [1.807, 2.05) is 17.8 Å². The monoisotopic (exact) mass is 388 g/mol. The van der Waals surface area contributed by atoms with Crippen LogP contribution >= 0.6 is 24.0 Å². The number of rotatable bonds is 6. The standard InChI is InChI=1S/C20H24N2O2S2/c1-23-18-12-15-8-10-22(14-16(15)13-19(18)24-2)20(25)21-9-11-26-17-6-4-3-5-7-17/h3-7,12-13H,8-11,14H2,1-2H3,(H,21,25). The topological polar surface area (TPSA) is 33.7 Å². The van der Waals surface area contributed by atoms with Crippen LogP contribution in [0.5, 0.6) is 11.5 Å². The molecule has 26 heavy (non-hydrogen) atoms. The highest BCUT2D eigenvalue weighted by Gasteiger charge is 2.20. The highest BCUT2D eigenvalue weighted by atomic mass is 32.2. The normalized spacial score (nSPS) is 13.1. The molecule has 0 aliphatic carbocycles. The van der Waals surface area contributed by atoms with Gasteiger partial charge < -0.3 is 19.7 Å². The van der Waals surface area contributed by atoms with Crippen molar-refractivity contribution in [3.8, 4) is 11.5 Å². The van der Waals surface area contributed by atoms with Crippen LogP contribution in [0.4, 0.5) is 0 Å². The van der Waals surface area contributed by atoms with E-state index >= 15 is 0 Å². The molecule has 1 heterocycles. The molecule has 6 heteroatoms. The fraction of sp³-hybridized carbons (Fsp3) is 0.350. The molecule has 1 aliphatic rings. The predicted molar refractivity (Wildman–Crippen MR) is 111 cm³/mol. The molecule has 0 unspecified atom stereocenters. The Kier molecular flexibility index (Phi) is 6.63. The average Bonchev–Trinajstić information content (AvgIpc) is 2.70. The van der Waals surface area contributed by atoms with Crippen molar-refractivity contribution in [1.82, 2.24) is 10.2 Å². The van der Waals surface area contributed by atoms with Gasteiger partial charge in [-0.25, -0.2) is 0 Å². The minimum absolute atomic E-state index is 0.770. The van der Waals surface area contributed by atoms with Crippen LogP contribution in [0.25, 0.3) is 0 Å². The maximum Gasteiger partial charge on any atom is 0.169 e. The van der Waals surface area contributed by atoms with Gasteiger partial charge in [0.2, 0.25) is 0 Å². The number of ether oxygens (including phenoxy) is 2. The fourth-order valence-electron chi connectivity index (χ4n) is 3.01. The van der Waals surface area contributed by atoms with Crippen LogP contribution in [0.3, 0.4) is 0 Å². The summed E-state index contributed by atoms with van der Waals surface area (Å²) < 4.78 is 10.8. The minimum atomic E-state index is 0.770. The second kappa shape index (κ2) is 9.14. The SMILES string of the molecule is COc1cc2c(cc1OC)CN(C(=S)NCCSc1ccccc1)CC2. The summed E-state index contributed by atoms with van der Waals surface area (Å²) in [6.07, 6.45) is 0.955. The molecule has 0 bridgehead atoms. The van der Waals surface area contributed by atoms with Crippen LogP contribution in [-0.4, -0.2) is 43.1 Å². The van der Waals surface area contributed by atoms with Crippen molar-refractivity contribution >= 4 is 29.1 Å². The van der Waals surface area contributed by atoms with E-state index < -0.39 is 0 Å². The summed E-state index contributed by atoms with van der Waals surface area (Å²) in [4.78, 5) is 3.50. The Morgan fingerprint density at radius 1 is 1.12 bits per heavy atom. The van der Waals surface area contributed by atoms with Gasteiger partial charge in [0.25, 0.3) is 0 Å². The van der Waals surface area contributed by atoms with Gasteiger partial charge in [-0.2, -0.15) is 0 Å². The van der Waals surface area contributed by atoms with Crippen LogP contribution in [0.15, 0.2) is 47.4 Å². The molecule has 0 spiro atoms. The van der Waals surface area contributed by atoms with Crippen molar-refractivity contribution in [3.05, 3.63) is 53.6 Å². The Morgan fingerprint density at radius 2 is 1.81 bits per heavy atom. The van der Waals surface area contributed by atoms with Gasteiger partial charge in [-0.15, -0.1) is 11.8 Å². The van der Waals surface area contributed by atoms with Gasteiger partial charge in [0.15, 0.2) is 16.6 Å². The van der Waals surface area contributed by atoms with E-state index in [0.29, 0.717) is 0 Å². The Balaban J connectivity index is 1.52. The Labute approximate surface area is 164 Å². The van der Waals surface area contributed by atoms with Crippen LogP contribution in [0.2, 0.25) is 0 Å². The third-order valence-corrected chi connectivity index (χ3v) is 5.81. The molecule has 2 aromatic carbocycles. The average molecular weight is 389 g/mol. The highest BCUT2D eigenvalue weighted by molar-refractivity contribution is 7.99. The molecule has 1 aliphatic heterocycles. The van der Waals surface area contributed by atoms with Crippen LogP contribution in [0, 0.1) is 0 Å². The largest absolute Gasteiger partial charge is 0.493 e. The van der Waals surface area contributed by atoms with Crippen LogP contribution in [-0.2, 0) is 13.0 Å². The summed E-state index contributed by atoms with van der Waals surface area (Å²) in [5.74, 6) is 2.55. The van der Waals surface area contributed by atoms with Crippen LogP contribution in [0.1, 0.15) is 11.1 Å². The third-order valence-electron chi connectivity index (χ3n) is 4.40. The third kappa shape index (κ3) is 4.62. The first-order valence-electron chi connectivity index (χ1n) is 8.65. The number of thiocarbonyl (C=S) groups is 1. The molecule has 4 nitrogen and oxygen atoms in total. The van der Waals surface area contributed by atoms with E-state index in [9.17, 15) is 0 Å². The van der Waals surface area contributed by atoms with Gasteiger partial charge in [-0.1, -0.05) is 18.2 Å². The number of hydrogen-bond donors (Lipinski definition) is 1. The number of fused-ring (bicyclic) bond motifs is 1. The van der Waals surface area contributed by atoms with E-state index in [2.05, 4.69) is 46.6 Å². The second-order valence-electron chi connectivity index (χ2n) is 6.04. The van der Waals surface area contributed by atoms with E-state index in [1.54, 1.807) is 14.2 Å². The maximum atomic E-state index is 5.59. The summed E-state index contributed by atoms with van der Waals surface area (Å²) in [6, 6.07) is 14.6. The zero-order valence-corrected chi connectivity index (χ0v) is 16.8. The van der Waals surface area contributed by atoms with E-state index in [0.717, 1.165) is 48.4 Å². The molecule has 1 N–H and O–H groups in total. The first-order chi connectivity index (χ1) is 12.7. The summed E-state index contributed by atoms with van der Waals surface area (Å²) in [6.45, 7) is 2.57. The number of nitrogens with one attached hydrogen (secondary N) is 1. The van der Waals surface area contributed by atoms with Crippen molar-refractivity contribution in [2.75, 3.05) is 33.1 Å². The van der Waals surface area contributed by atoms with Crippen molar-refractivity contribution in [1.29, 1.82) is 0 Å². The molecule has 0 fully saturated rings. The van der Waals surface area contributed by atoms with Gasteiger partial charge in [0, 0.05) is 30.3 Å². The van der Waals surface area contributed by atoms with Crippen molar-refractivity contribution in [3.63, 3.8) is 0 Å². The zero-order valence-electron chi connectivity index (χ0n) is 15.2. The van der Waals surface area contributed by atoms with Gasteiger partial charge in [0.1, 0.15) is 0 Å². The molecular weight excluding hydrogens is 364 g/mol. The smallest absolute Gasteiger partial charge is 0.169 e. The number of hydrogen-bond acceptors (Lipinski definition) is 4. The molecule has 0 saturated heterocycles. The quantitative estimate of drug-likeness (QED) is 0.461. The molecule has 2 aromatic rings. The molecule has 0 saturated carbocycles. The molecular formula is C20H24N2O2S2. The van der Waals surface area contributed by atoms with Gasteiger partial charge in [0.05, 0.1) is 14.2 Å². The van der Waals surface area contributed by atoms with E-state index in [4.69, 9.17) is 21.7 Å². The molecule has 0 aromatic heterocycles. The van der Waals surface area contributed by atoms with Crippen molar-refractivity contribution in [2.45, 2.75) is 17.9 Å². The second-order valence-corrected chi connectivity index (χ2v) is 7.60. The molecule has 0 radical (unpaired) electrons. The zero-order chi connectivity index (χ0) is 18.4. The lowest BCUT2D eigenvalue weighted by molar-refractivity contribution is 0.347. The number of benzene rings is 2. The van der Waals surface area contributed by atoms with Crippen molar-refractivity contribution < 1.29 is 9.47 Å². The summed E-state index contributed by atoms with van der Waals surface area (Å²) in [7, 11) is 3.34. The molecule has 0 atom stereocenters. The maximum absolute atomic E-state index is 5.59. The number of nitrogens with zero attached hydrogens (tertiary/aromatic N) is 1.